The van der Waals surface area contributed by atoms with Crippen LogP contribution in [0.3, 0.4) is 0 Å². The first-order valence-corrected chi connectivity index (χ1v) is 21.2. The molecule has 0 bridgehead atoms. The third-order valence-corrected chi connectivity index (χ3v) is 8.93. The Labute approximate surface area is 294 Å². The van der Waals surface area contributed by atoms with E-state index in [0.717, 1.165) is 57.8 Å². The number of hydrogen-bond donors (Lipinski definition) is 2. The fourth-order valence-corrected chi connectivity index (χ4v) is 5.84. The maximum Gasteiger partial charge on any atom is 0.469 e. The average molecular weight is 701 g/mol. The van der Waals surface area contributed by atoms with Crippen molar-refractivity contribution in [3.05, 3.63) is 24.3 Å². The summed E-state index contributed by atoms with van der Waals surface area (Å²) in [6.07, 6.45) is 38.9. The predicted octanol–water partition coefficient (Wildman–Crippen LogP) is 11.6. The molecule has 282 valence electrons. The minimum absolute atomic E-state index is 0.208. The highest BCUT2D eigenvalue weighted by atomic mass is 31.2. The van der Waals surface area contributed by atoms with Gasteiger partial charge >= 0.3 is 19.8 Å². The molecule has 9 heteroatoms. The van der Waals surface area contributed by atoms with Crippen molar-refractivity contribution in [3.8, 4) is 0 Å². The molecule has 0 spiro atoms. The minimum Gasteiger partial charge on any atom is -0.462 e. The number of ether oxygens (including phenoxy) is 2. The van der Waals surface area contributed by atoms with Crippen LogP contribution in [0.2, 0.25) is 0 Å². The summed E-state index contributed by atoms with van der Waals surface area (Å²) >= 11 is 0. The summed E-state index contributed by atoms with van der Waals surface area (Å²) in [6, 6.07) is 0. The van der Waals surface area contributed by atoms with Gasteiger partial charge in [-0.2, -0.15) is 0 Å². The SMILES string of the molecule is CCCCCCC=CCCCCCCCCCC(=O)OC[C@H](COP(=O)(O)O)OC(=O)CCCCCCCCCC=CCCCCCC. The quantitative estimate of drug-likeness (QED) is 0.0287. The molecule has 0 aliphatic rings. The van der Waals surface area contributed by atoms with Crippen LogP contribution in [0.1, 0.15) is 194 Å². The van der Waals surface area contributed by atoms with Gasteiger partial charge in [0.15, 0.2) is 6.10 Å². The molecule has 1 atom stereocenters. The van der Waals surface area contributed by atoms with Crippen LogP contribution in [-0.2, 0) is 28.2 Å². The predicted molar refractivity (Wildman–Crippen MR) is 198 cm³/mol. The third-order valence-electron chi connectivity index (χ3n) is 8.44. The Balaban J connectivity index is 3.95. The lowest BCUT2D eigenvalue weighted by Crippen LogP contribution is -2.29. The number of rotatable bonds is 36. The largest absolute Gasteiger partial charge is 0.469 e. The van der Waals surface area contributed by atoms with E-state index < -0.39 is 32.5 Å². The van der Waals surface area contributed by atoms with Crippen LogP contribution in [-0.4, -0.2) is 41.0 Å². The van der Waals surface area contributed by atoms with E-state index in [-0.39, 0.29) is 19.4 Å². The van der Waals surface area contributed by atoms with Gasteiger partial charge in [0.2, 0.25) is 0 Å². The molecule has 0 aliphatic heterocycles. The number of unbranched alkanes of at least 4 members (excludes halogenated alkanes) is 22. The van der Waals surface area contributed by atoms with Crippen molar-refractivity contribution < 1.29 is 37.9 Å². The van der Waals surface area contributed by atoms with Crippen molar-refractivity contribution in [1.82, 2.24) is 0 Å². The van der Waals surface area contributed by atoms with Crippen LogP contribution in [0, 0.1) is 0 Å². The molecule has 0 radical (unpaired) electrons. The summed E-state index contributed by atoms with van der Waals surface area (Å²) in [5, 5.41) is 0. The Morgan fingerprint density at radius 1 is 0.521 bits per heavy atom. The first kappa shape index (κ1) is 46.5. The molecular weight excluding hydrogens is 627 g/mol. The molecule has 0 rings (SSSR count). The molecule has 0 unspecified atom stereocenters. The van der Waals surface area contributed by atoms with Crippen molar-refractivity contribution in [3.63, 3.8) is 0 Å². The molecule has 0 saturated carbocycles. The van der Waals surface area contributed by atoms with E-state index >= 15 is 0 Å². The maximum atomic E-state index is 12.4. The lowest BCUT2D eigenvalue weighted by molar-refractivity contribution is -0.161. The summed E-state index contributed by atoms with van der Waals surface area (Å²) in [6.45, 7) is 3.65. The molecule has 0 amide bonds. The van der Waals surface area contributed by atoms with Crippen LogP contribution in [0.5, 0.6) is 0 Å². The minimum atomic E-state index is -4.75. The molecule has 48 heavy (non-hydrogen) atoms. The summed E-state index contributed by atoms with van der Waals surface area (Å²) < 4.78 is 26.3. The van der Waals surface area contributed by atoms with Crippen molar-refractivity contribution in [1.29, 1.82) is 0 Å². The second-order valence-electron chi connectivity index (χ2n) is 13.2. The first-order chi connectivity index (χ1) is 23.3. The van der Waals surface area contributed by atoms with E-state index in [9.17, 15) is 14.2 Å². The Hall–Kier alpha value is -1.47. The molecule has 0 fully saturated rings. The van der Waals surface area contributed by atoms with Gasteiger partial charge < -0.3 is 19.3 Å². The number of hydrogen-bond acceptors (Lipinski definition) is 6. The van der Waals surface area contributed by atoms with Crippen LogP contribution in [0.4, 0.5) is 0 Å². The summed E-state index contributed by atoms with van der Waals surface area (Å²) in [4.78, 5) is 42.7. The lowest BCUT2D eigenvalue weighted by Gasteiger charge is -2.18. The van der Waals surface area contributed by atoms with Crippen LogP contribution >= 0.6 is 7.82 Å². The van der Waals surface area contributed by atoms with E-state index in [1.54, 1.807) is 0 Å². The third kappa shape index (κ3) is 37.4. The number of carbonyl (C=O) groups excluding carboxylic acids is 2. The molecular formula is C39H73O8P. The number of allylic oxidation sites excluding steroid dienone is 4. The molecule has 8 nitrogen and oxygen atoms in total. The monoisotopic (exact) mass is 701 g/mol. The van der Waals surface area contributed by atoms with Gasteiger partial charge in [0.1, 0.15) is 6.61 Å². The van der Waals surface area contributed by atoms with Gasteiger partial charge in [0, 0.05) is 12.8 Å². The second kappa shape index (κ2) is 35.4. The van der Waals surface area contributed by atoms with Gasteiger partial charge in [-0.25, -0.2) is 4.57 Å². The van der Waals surface area contributed by atoms with Gasteiger partial charge in [-0.15, -0.1) is 0 Å². The zero-order valence-corrected chi connectivity index (χ0v) is 31.8. The molecule has 2 N–H and O–H groups in total. The lowest BCUT2D eigenvalue weighted by atomic mass is 10.1. The van der Waals surface area contributed by atoms with Crippen LogP contribution < -0.4 is 0 Å². The standard InChI is InChI=1S/C39H73O8P/c1-3-5-7-9-11-13-15-17-19-21-23-25-27-29-31-33-38(40)45-35-37(36-46-48(42,43)44)47-39(41)34-32-30-28-26-24-22-20-18-16-14-12-10-8-6-4-2/h13-16,37H,3-12,17-36H2,1-2H3,(H2,42,43,44)/t37-/m1/s1. The molecule has 0 aromatic heterocycles. The summed E-state index contributed by atoms with van der Waals surface area (Å²) in [5.74, 6) is -0.891. The topological polar surface area (TPSA) is 119 Å². The highest BCUT2D eigenvalue weighted by Crippen LogP contribution is 2.36. The summed E-state index contributed by atoms with van der Waals surface area (Å²) in [7, 11) is -4.75. The van der Waals surface area contributed by atoms with E-state index in [0.29, 0.717) is 6.42 Å². The van der Waals surface area contributed by atoms with Gasteiger partial charge in [0.25, 0.3) is 0 Å². The first-order valence-electron chi connectivity index (χ1n) is 19.6. The van der Waals surface area contributed by atoms with Gasteiger partial charge in [0.05, 0.1) is 6.61 Å². The Kier molecular flexibility index (Phi) is 34.3. The van der Waals surface area contributed by atoms with E-state index in [1.165, 1.54) is 103 Å². The van der Waals surface area contributed by atoms with E-state index in [4.69, 9.17) is 19.3 Å². The number of phosphoric ester groups is 1. The van der Waals surface area contributed by atoms with Crippen molar-refractivity contribution in [2.75, 3.05) is 13.2 Å². The fraction of sp³-hybridized carbons (Fsp3) is 0.846. The van der Waals surface area contributed by atoms with E-state index in [1.807, 2.05) is 0 Å². The highest BCUT2D eigenvalue weighted by Gasteiger charge is 2.22. The number of carbonyl (C=O) groups is 2. The Bertz CT molecular complexity index is 838. The van der Waals surface area contributed by atoms with Crippen molar-refractivity contribution >= 4 is 19.8 Å². The highest BCUT2D eigenvalue weighted by molar-refractivity contribution is 7.46. The van der Waals surface area contributed by atoms with Crippen LogP contribution in [0.15, 0.2) is 24.3 Å². The second-order valence-corrected chi connectivity index (χ2v) is 14.5. The number of esters is 2. The van der Waals surface area contributed by atoms with Crippen molar-refractivity contribution in [2.24, 2.45) is 0 Å². The number of phosphoric acid groups is 1. The van der Waals surface area contributed by atoms with Crippen LogP contribution in [0.25, 0.3) is 0 Å². The maximum absolute atomic E-state index is 12.4. The Morgan fingerprint density at radius 3 is 1.27 bits per heavy atom. The average Bonchev–Trinajstić information content (AvgIpc) is 3.05. The van der Waals surface area contributed by atoms with Gasteiger partial charge in [-0.1, -0.05) is 141 Å². The molecule has 0 aliphatic carbocycles. The zero-order chi connectivity index (χ0) is 35.4. The molecule has 0 saturated heterocycles. The molecule has 0 heterocycles. The van der Waals surface area contributed by atoms with Crippen molar-refractivity contribution in [2.45, 2.75) is 200 Å². The summed E-state index contributed by atoms with van der Waals surface area (Å²) in [5.41, 5.74) is 0. The molecule has 0 aromatic rings. The van der Waals surface area contributed by atoms with Gasteiger partial charge in [-0.3, -0.25) is 14.1 Å². The van der Waals surface area contributed by atoms with Gasteiger partial charge in [-0.05, 0) is 64.2 Å². The zero-order valence-electron chi connectivity index (χ0n) is 30.9. The van der Waals surface area contributed by atoms with E-state index in [2.05, 4.69) is 42.7 Å². The normalized spacial score (nSPS) is 12.7. The smallest absolute Gasteiger partial charge is 0.462 e. The Morgan fingerprint density at radius 2 is 0.875 bits per heavy atom. The fourth-order valence-electron chi connectivity index (χ4n) is 5.48. The molecule has 0 aromatic carbocycles.